The Balaban J connectivity index is 2.06. The molecule has 0 fully saturated rings. The summed E-state index contributed by atoms with van der Waals surface area (Å²) in [4.78, 5) is 13.5. The van der Waals surface area contributed by atoms with Crippen LogP contribution in [0.25, 0.3) is 0 Å². The zero-order valence-electron chi connectivity index (χ0n) is 13.1. The Morgan fingerprint density at radius 3 is 2.78 bits per heavy atom. The van der Waals surface area contributed by atoms with Crippen molar-refractivity contribution in [2.24, 2.45) is 0 Å². The lowest BCUT2D eigenvalue weighted by Gasteiger charge is -2.33. The molecule has 1 atom stereocenters. The first-order valence-corrected chi connectivity index (χ1v) is 8.23. The minimum atomic E-state index is -0.0746. The minimum Gasteiger partial charge on any atom is -0.326 e. The largest absolute Gasteiger partial charge is 0.326 e. The molecule has 3 nitrogen and oxygen atoms in total. The first-order valence-electron chi connectivity index (χ1n) is 7.48. The van der Waals surface area contributed by atoms with E-state index in [1.54, 1.807) is 6.07 Å². The quantitative estimate of drug-likeness (QED) is 0.864. The van der Waals surface area contributed by atoms with Gasteiger partial charge in [0, 0.05) is 41.7 Å². The van der Waals surface area contributed by atoms with Gasteiger partial charge in [0.1, 0.15) is 0 Å². The van der Waals surface area contributed by atoms with Crippen LogP contribution in [0.2, 0.25) is 10.0 Å². The van der Waals surface area contributed by atoms with Crippen molar-refractivity contribution in [3.63, 3.8) is 0 Å². The average molecular weight is 349 g/mol. The number of rotatable bonds is 2. The van der Waals surface area contributed by atoms with Crippen LogP contribution in [0, 0.1) is 0 Å². The highest BCUT2D eigenvalue weighted by Crippen LogP contribution is 2.38. The van der Waals surface area contributed by atoms with Gasteiger partial charge in [0.05, 0.1) is 0 Å². The van der Waals surface area contributed by atoms with Crippen molar-refractivity contribution in [3.05, 3.63) is 63.1 Å². The summed E-state index contributed by atoms with van der Waals surface area (Å²) in [7, 11) is 2.08. The van der Waals surface area contributed by atoms with E-state index in [4.69, 9.17) is 23.2 Å². The first kappa shape index (κ1) is 16.3. The van der Waals surface area contributed by atoms with Crippen LogP contribution >= 0.6 is 23.2 Å². The maximum atomic E-state index is 11.3. The Bertz CT molecular complexity index is 761. The molecule has 2 aromatic rings. The van der Waals surface area contributed by atoms with E-state index in [0.29, 0.717) is 10.0 Å². The molecular weight excluding hydrogens is 331 g/mol. The summed E-state index contributed by atoms with van der Waals surface area (Å²) in [5, 5.41) is 4.20. The Hall–Kier alpha value is -1.55. The number of carbonyl (C=O) groups excluding carboxylic acids is 1. The third-order valence-electron chi connectivity index (χ3n) is 4.10. The van der Waals surface area contributed by atoms with Crippen molar-refractivity contribution in [1.82, 2.24) is 4.90 Å². The SMILES string of the molecule is CC(=O)Nc1cccc(C2CN(C)Cc3c(Cl)cc(Cl)cc32)c1. The second-order valence-electron chi connectivity index (χ2n) is 6.01. The smallest absolute Gasteiger partial charge is 0.221 e. The second kappa shape index (κ2) is 6.52. The van der Waals surface area contributed by atoms with Gasteiger partial charge in [-0.3, -0.25) is 4.79 Å². The molecule has 120 valence electrons. The Labute approximate surface area is 146 Å². The Kier molecular flexibility index (Phi) is 4.62. The highest BCUT2D eigenvalue weighted by atomic mass is 35.5. The highest BCUT2D eigenvalue weighted by molar-refractivity contribution is 6.35. The molecule has 0 saturated heterocycles. The van der Waals surface area contributed by atoms with Crippen molar-refractivity contribution < 1.29 is 4.79 Å². The standard InChI is InChI=1S/C18H18Cl2N2O/c1-11(23)21-14-5-3-4-12(6-14)16-9-22(2)10-17-15(16)7-13(19)8-18(17)20/h3-8,16H,9-10H2,1-2H3,(H,21,23). The van der Waals surface area contributed by atoms with E-state index in [1.807, 2.05) is 24.3 Å². The van der Waals surface area contributed by atoms with Crippen molar-refractivity contribution in [2.45, 2.75) is 19.4 Å². The average Bonchev–Trinajstić information content (AvgIpc) is 2.47. The van der Waals surface area contributed by atoms with E-state index in [-0.39, 0.29) is 11.8 Å². The molecule has 23 heavy (non-hydrogen) atoms. The van der Waals surface area contributed by atoms with E-state index in [1.165, 1.54) is 12.5 Å². The molecule has 1 heterocycles. The van der Waals surface area contributed by atoms with E-state index in [0.717, 1.165) is 29.9 Å². The van der Waals surface area contributed by atoms with E-state index >= 15 is 0 Å². The normalized spacial score (nSPS) is 17.7. The van der Waals surface area contributed by atoms with Crippen molar-refractivity contribution in [1.29, 1.82) is 0 Å². The number of nitrogens with one attached hydrogen (secondary N) is 1. The van der Waals surface area contributed by atoms with Gasteiger partial charge in [-0.1, -0.05) is 35.3 Å². The van der Waals surface area contributed by atoms with Crippen LogP contribution in [-0.4, -0.2) is 24.4 Å². The summed E-state index contributed by atoms with van der Waals surface area (Å²) in [6.45, 7) is 3.20. The van der Waals surface area contributed by atoms with Crippen molar-refractivity contribution in [3.8, 4) is 0 Å². The molecule has 1 amide bonds. The van der Waals surface area contributed by atoms with E-state index in [2.05, 4.69) is 23.3 Å². The number of halogens is 2. The van der Waals surface area contributed by atoms with Gasteiger partial charge in [0.2, 0.25) is 5.91 Å². The maximum Gasteiger partial charge on any atom is 0.221 e. The predicted molar refractivity (Wildman–Crippen MR) is 95.4 cm³/mol. The molecule has 0 spiro atoms. The first-order chi connectivity index (χ1) is 10.9. The number of benzene rings is 2. The molecule has 1 N–H and O–H groups in total. The number of hydrogen-bond acceptors (Lipinski definition) is 2. The number of anilines is 1. The second-order valence-corrected chi connectivity index (χ2v) is 6.86. The van der Waals surface area contributed by atoms with Crippen LogP contribution < -0.4 is 5.32 Å². The summed E-state index contributed by atoms with van der Waals surface area (Å²) >= 11 is 12.6. The summed E-state index contributed by atoms with van der Waals surface area (Å²) in [5.41, 5.74) is 4.24. The molecule has 3 rings (SSSR count). The fraction of sp³-hybridized carbons (Fsp3) is 0.278. The number of hydrogen-bond donors (Lipinski definition) is 1. The van der Waals surface area contributed by atoms with Gasteiger partial charge in [0.25, 0.3) is 0 Å². The summed E-state index contributed by atoms with van der Waals surface area (Å²) in [5.74, 6) is 0.100. The lowest BCUT2D eigenvalue weighted by atomic mass is 9.84. The molecule has 1 aliphatic heterocycles. The van der Waals surface area contributed by atoms with Gasteiger partial charge >= 0.3 is 0 Å². The lowest BCUT2D eigenvalue weighted by Crippen LogP contribution is -2.31. The molecule has 5 heteroatoms. The van der Waals surface area contributed by atoms with Crippen molar-refractivity contribution in [2.75, 3.05) is 18.9 Å². The summed E-state index contributed by atoms with van der Waals surface area (Å²) in [6, 6.07) is 11.7. The number of fused-ring (bicyclic) bond motifs is 1. The van der Waals surface area contributed by atoms with Crippen LogP contribution in [-0.2, 0) is 11.3 Å². The van der Waals surface area contributed by atoms with Gasteiger partial charge in [-0.15, -0.1) is 0 Å². The van der Waals surface area contributed by atoms with Crippen LogP contribution in [0.4, 0.5) is 5.69 Å². The monoisotopic (exact) mass is 348 g/mol. The van der Waals surface area contributed by atoms with Gasteiger partial charge in [0.15, 0.2) is 0 Å². The molecule has 1 aliphatic rings. The van der Waals surface area contributed by atoms with E-state index < -0.39 is 0 Å². The van der Waals surface area contributed by atoms with Crippen LogP contribution in [0.15, 0.2) is 36.4 Å². The van der Waals surface area contributed by atoms with Crippen LogP contribution in [0.1, 0.15) is 29.5 Å². The number of carbonyl (C=O) groups is 1. The fourth-order valence-electron chi connectivity index (χ4n) is 3.17. The van der Waals surface area contributed by atoms with Gasteiger partial charge in [-0.25, -0.2) is 0 Å². The highest BCUT2D eigenvalue weighted by Gasteiger charge is 2.27. The predicted octanol–water partition coefficient (Wildman–Crippen LogP) is 4.53. The molecule has 0 radical (unpaired) electrons. The number of nitrogens with zero attached hydrogens (tertiary/aromatic N) is 1. The van der Waals surface area contributed by atoms with Gasteiger partial charge in [-0.2, -0.15) is 0 Å². The molecule has 2 aromatic carbocycles. The minimum absolute atomic E-state index is 0.0746. The van der Waals surface area contributed by atoms with Gasteiger partial charge < -0.3 is 10.2 Å². The molecule has 0 saturated carbocycles. The third kappa shape index (κ3) is 3.52. The molecule has 0 aromatic heterocycles. The Morgan fingerprint density at radius 1 is 1.26 bits per heavy atom. The summed E-state index contributed by atoms with van der Waals surface area (Å²) < 4.78 is 0. The molecule has 0 aliphatic carbocycles. The zero-order chi connectivity index (χ0) is 16.6. The molecule has 0 bridgehead atoms. The maximum absolute atomic E-state index is 11.3. The topological polar surface area (TPSA) is 32.3 Å². The van der Waals surface area contributed by atoms with E-state index in [9.17, 15) is 4.79 Å². The van der Waals surface area contributed by atoms with Crippen LogP contribution in [0.3, 0.4) is 0 Å². The van der Waals surface area contributed by atoms with Crippen molar-refractivity contribution >= 4 is 34.8 Å². The van der Waals surface area contributed by atoms with Crippen LogP contribution in [0.5, 0.6) is 0 Å². The fourth-order valence-corrected chi connectivity index (χ4v) is 3.74. The Morgan fingerprint density at radius 2 is 2.04 bits per heavy atom. The number of amides is 1. The molecular formula is C18H18Cl2N2O. The molecule has 1 unspecified atom stereocenters. The zero-order valence-corrected chi connectivity index (χ0v) is 14.6. The lowest BCUT2D eigenvalue weighted by molar-refractivity contribution is -0.114. The summed E-state index contributed by atoms with van der Waals surface area (Å²) in [6.07, 6.45) is 0. The number of likely N-dealkylation sites (N-methyl/N-ethyl adjacent to an activating group) is 1. The third-order valence-corrected chi connectivity index (χ3v) is 4.66. The van der Waals surface area contributed by atoms with Gasteiger partial charge in [-0.05, 0) is 48.0 Å².